The van der Waals surface area contributed by atoms with Crippen LogP contribution in [0.2, 0.25) is 0 Å². The number of benzene rings is 1. The smallest absolute Gasteiger partial charge is 0.306 e. The van der Waals surface area contributed by atoms with Gasteiger partial charge in [-0.3, -0.25) is 9.59 Å². The van der Waals surface area contributed by atoms with E-state index in [1.54, 1.807) is 0 Å². The van der Waals surface area contributed by atoms with Crippen molar-refractivity contribution in [2.45, 2.75) is 64.8 Å². The Morgan fingerprint density at radius 3 is 2.22 bits per heavy atom. The van der Waals surface area contributed by atoms with Crippen LogP contribution in [0.1, 0.15) is 58.9 Å². The van der Waals surface area contributed by atoms with Crippen LogP contribution in [0.15, 0.2) is 18.2 Å². The third-order valence-corrected chi connectivity index (χ3v) is 5.24. The molecule has 0 saturated heterocycles. The lowest BCUT2D eigenvalue weighted by atomic mass is 9.81. The van der Waals surface area contributed by atoms with E-state index in [2.05, 4.69) is 5.32 Å². The highest BCUT2D eigenvalue weighted by Crippen LogP contribution is 2.34. The lowest BCUT2D eigenvalue weighted by Crippen LogP contribution is -2.46. The van der Waals surface area contributed by atoms with Crippen LogP contribution in [0.5, 0.6) is 11.5 Å². The zero-order valence-electron chi connectivity index (χ0n) is 16.7. The fourth-order valence-electron chi connectivity index (χ4n) is 3.42. The summed E-state index contributed by atoms with van der Waals surface area (Å²) >= 11 is 0. The van der Waals surface area contributed by atoms with E-state index in [9.17, 15) is 9.59 Å². The largest absolute Gasteiger partial charge is 0.490 e. The molecular weight excluding hydrogens is 346 g/mol. The predicted octanol–water partition coefficient (Wildman–Crippen LogP) is 3.52. The number of amides is 1. The van der Waals surface area contributed by atoms with Gasteiger partial charge in [0.1, 0.15) is 0 Å². The predicted molar refractivity (Wildman–Crippen MR) is 103 cm³/mol. The maximum absolute atomic E-state index is 12.9. The molecule has 0 aromatic heterocycles. The number of carbonyl (C=O) groups excluding carboxylic acids is 1. The Morgan fingerprint density at radius 2 is 1.67 bits per heavy atom. The van der Waals surface area contributed by atoms with Crippen molar-refractivity contribution in [2.75, 3.05) is 13.2 Å². The second-order valence-corrected chi connectivity index (χ2v) is 7.51. The van der Waals surface area contributed by atoms with Gasteiger partial charge in [-0.1, -0.05) is 6.07 Å². The summed E-state index contributed by atoms with van der Waals surface area (Å²) in [6.45, 7) is 8.66. The number of hydrogen-bond acceptors (Lipinski definition) is 4. The van der Waals surface area contributed by atoms with Crippen LogP contribution in [0.25, 0.3) is 0 Å². The quantitative estimate of drug-likeness (QED) is 0.724. The fourth-order valence-corrected chi connectivity index (χ4v) is 3.42. The van der Waals surface area contributed by atoms with Crippen molar-refractivity contribution in [2.24, 2.45) is 5.92 Å². The van der Waals surface area contributed by atoms with Crippen molar-refractivity contribution in [1.82, 2.24) is 5.32 Å². The van der Waals surface area contributed by atoms with Crippen LogP contribution in [0, 0.1) is 5.92 Å². The molecule has 0 aliphatic heterocycles. The number of rotatable bonds is 8. The first-order valence-corrected chi connectivity index (χ1v) is 9.73. The minimum absolute atomic E-state index is 0.0291. The van der Waals surface area contributed by atoms with Gasteiger partial charge in [0.2, 0.25) is 5.91 Å². The molecule has 1 aromatic carbocycles. The standard InChI is InChI=1S/C21H31NO5/c1-5-26-17-12-9-15(13-18(17)27-6-2)21(3,4)20(25)22-16-10-7-14(8-11-16)19(23)24/h9,12-14,16H,5-8,10-11H2,1-4H3,(H,22,25)(H,23,24). The number of carbonyl (C=O) groups is 2. The van der Waals surface area contributed by atoms with Gasteiger partial charge in [-0.2, -0.15) is 0 Å². The number of carboxylic acids is 1. The van der Waals surface area contributed by atoms with E-state index in [0.717, 1.165) is 5.56 Å². The summed E-state index contributed by atoms with van der Waals surface area (Å²) in [4.78, 5) is 24.0. The molecule has 1 amide bonds. The van der Waals surface area contributed by atoms with Gasteiger partial charge in [-0.15, -0.1) is 0 Å². The normalized spacial score (nSPS) is 20.0. The van der Waals surface area contributed by atoms with E-state index in [1.165, 1.54) is 0 Å². The molecule has 27 heavy (non-hydrogen) atoms. The number of carboxylic acid groups (broad SMARTS) is 1. The highest BCUT2D eigenvalue weighted by molar-refractivity contribution is 5.87. The van der Waals surface area contributed by atoms with Crippen molar-refractivity contribution >= 4 is 11.9 Å². The minimum Gasteiger partial charge on any atom is -0.490 e. The lowest BCUT2D eigenvalue weighted by Gasteiger charge is -2.31. The molecule has 2 rings (SSSR count). The van der Waals surface area contributed by atoms with Crippen molar-refractivity contribution in [1.29, 1.82) is 0 Å². The van der Waals surface area contributed by atoms with Gasteiger partial charge in [0.15, 0.2) is 11.5 Å². The summed E-state index contributed by atoms with van der Waals surface area (Å²) in [6, 6.07) is 5.64. The highest BCUT2D eigenvalue weighted by atomic mass is 16.5. The average molecular weight is 377 g/mol. The lowest BCUT2D eigenvalue weighted by molar-refractivity contribution is -0.142. The maximum atomic E-state index is 12.9. The zero-order valence-corrected chi connectivity index (χ0v) is 16.7. The summed E-state index contributed by atoms with van der Waals surface area (Å²) in [7, 11) is 0. The first-order valence-electron chi connectivity index (χ1n) is 9.73. The van der Waals surface area contributed by atoms with E-state index >= 15 is 0 Å². The molecule has 1 saturated carbocycles. The Morgan fingerprint density at radius 1 is 1.07 bits per heavy atom. The molecule has 1 fully saturated rings. The maximum Gasteiger partial charge on any atom is 0.306 e. The van der Waals surface area contributed by atoms with Crippen LogP contribution in [0.3, 0.4) is 0 Å². The van der Waals surface area contributed by atoms with Gasteiger partial charge in [-0.25, -0.2) is 0 Å². The van der Waals surface area contributed by atoms with Crippen molar-refractivity contribution in [3.63, 3.8) is 0 Å². The van der Waals surface area contributed by atoms with E-state index in [-0.39, 0.29) is 17.9 Å². The van der Waals surface area contributed by atoms with E-state index in [0.29, 0.717) is 50.4 Å². The highest BCUT2D eigenvalue weighted by Gasteiger charge is 2.34. The number of ether oxygens (including phenoxy) is 2. The number of aliphatic carboxylic acids is 1. The molecule has 0 spiro atoms. The summed E-state index contributed by atoms with van der Waals surface area (Å²) in [6.07, 6.45) is 2.62. The van der Waals surface area contributed by atoms with E-state index < -0.39 is 11.4 Å². The molecule has 0 bridgehead atoms. The molecule has 0 radical (unpaired) electrons. The SMILES string of the molecule is CCOc1ccc(C(C)(C)C(=O)NC2CCC(C(=O)O)CC2)cc1OCC. The third-order valence-electron chi connectivity index (χ3n) is 5.24. The molecule has 0 unspecified atom stereocenters. The van der Waals surface area contributed by atoms with Crippen molar-refractivity contribution in [3.8, 4) is 11.5 Å². The van der Waals surface area contributed by atoms with Crippen LogP contribution in [0.4, 0.5) is 0 Å². The topological polar surface area (TPSA) is 84.9 Å². The Balaban J connectivity index is 2.09. The monoisotopic (exact) mass is 377 g/mol. The molecule has 6 nitrogen and oxygen atoms in total. The Labute approximate surface area is 161 Å². The molecule has 6 heteroatoms. The Bertz CT molecular complexity index is 663. The van der Waals surface area contributed by atoms with Crippen LogP contribution < -0.4 is 14.8 Å². The second-order valence-electron chi connectivity index (χ2n) is 7.51. The molecular formula is C21H31NO5. The number of hydrogen-bond donors (Lipinski definition) is 2. The summed E-state index contributed by atoms with van der Waals surface area (Å²) in [5, 5.41) is 12.2. The number of nitrogens with one attached hydrogen (secondary N) is 1. The van der Waals surface area contributed by atoms with Gasteiger partial charge in [-0.05, 0) is 71.1 Å². The van der Waals surface area contributed by atoms with Crippen LogP contribution in [-0.2, 0) is 15.0 Å². The van der Waals surface area contributed by atoms with Gasteiger partial charge in [0, 0.05) is 6.04 Å². The summed E-state index contributed by atoms with van der Waals surface area (Å²) in [5.74, 6) is 0.225. The third kappa shape index (κ3) is 5.15. The summed E-state index contributed by atoms with van der Waals surface area (Å²) in [5.41, 5.74) is 0.117. The van der Waals surface area contributed by atoms with Gasteiger partial charge in [0.25, 0.3) is 0 Å². The Hall–Kier alpha value is -2.24. The molecule has 2 N–H and O–H groups in total. The molecule has 0 atom stereocenters. The second kappa shape index (κ2) is 9.11. The van der Waals surface area contributed by atoms with Crippen LogP contribution in [-0.4, -0.2) is 36.2 Å². The van der Waals surface area contributed by atoms with E-state index in [1.807, 2.05) is 45.9 Å². The average Bonchev–Trinajstić information content (AvgIpc) is 2.63. The molecule has 1 aliphatic carbocycles. The fraction of sp³-hybridized carbons (Fsp3) is 0.619. The summed E-state index contributed by atoms with van der Waals surface area (Å²) < 4.78 is 11.3. The van der Waals surface area contributed by atoms with Crippen molar-refractivity contribution < 1.29 is 24.2 Å². The van der Waals surface area contributed by atoms with Gasteiger partial charge >= 0.3 is 5.97 Å². The van der Waals surface area contributed by atoms with E-state index in [4.69, 9.17) is 14.6 Å². The molecule has 1 aromatic rings. The minimum atomic E-state index is -0.738. The zero-order chi connectivity index (χ0) is 20.0. The first kappa shape index (κ1) is 21.1. The molecule has 0 heterocycles. The molecule has 1 aliphatic rings. The van der Waals surface area contributed by atoms with Gasteiger partial charge in [0.05, 0.1) is 24.5 Å². The van der Waals surface area contributed by atoms with Crippen molar-refractivity contribution in [3.05, 3.63) is 23.8 Å². The van der Waals surface area contributed by atoms with Crippen LogP contribution >= 0.6 is 0 Å². The Kier molecular flexibility index (Phi) is 7.11. The molecule has 150 valence electrons. The first-order chi connectivity index (χ1) is 12.8. The van der Waals surface area contributed by atoms with Gasteiger partial charge < -0.3 is 19.9 Å².